The van der Waals surface area contributed by atoms with Crippen LogP contribution in [0.25, 0.3) is 11.0 Å². The highest BCUT2D eigenvalue weighted by Gasteiger charge is 2.32. The monoisotopic (exact) mass is 549 g/mol. The number of hydrogen-bond donors (Lipinski definition) is 0. The van der Waals surface area contributed by atoms with E-state index in [1.165, 1.54) is 12.1 Å². The second-order valence-electron chi connectivity index (χ2n) is 9.74. The molecule has 0 spiro atoms. The number of nitrogens with zero attached hydrogens (tertiary/aromatic N) is 3. The minimum Gasteiger partial charge on any atom is -0.452 e. The number of furan rings is 1. The van der Waals surface area contributed by atoms with E-state index in [0.29, 0.717) is 37.3 Å². The summed E-state index contributed by atoms with van der Waals surface area (Å²) in [6.07, 6.45) is -4.50. The van der Waals surface area contributed by atoms with E-state index in [1.807, 2.05) is 30.3 Å². The summed E-state index contributed by atoms with van der Waals surface area (Å²) in [5, 5.41) is 0.869. The predicted octanol–water partition coefficient (Wildman–Crippen LogP) is 6.49. The fraction of sp³-hybridized carbons (Fsp3) is 0.290. The van der Waals surface area contributed by atoms with Crippen LogP contribution in [0.1, 0.15) is 45.9 Å². The highest BCUT2D eigenvalue weighted by atomic mass is 19.4. The average molecular weight is 550 g/mol. The quantitative estimate of drug-likeness (QED) is 0.247. The zero-order valence-electron chi connectivity index (χ0n) is 22.4. The van der Waals surface area contributed by atoms with Crippen LogP contribution >= 0.6 is 0 Å². The lowest BCUT2D eigenvalue weighted by molar-refractivity contribution is -0.137. The van der Waals surface area contributed by atoms with Gasteiger partial charge < -0.3 is 19.1 Å². The Bertz CT molecular complexity index is 1520. The fourth-order valence-electron chi connectivity index (χ4n) is 5.06. The summed E-state index contributed by atoms with van der Waals surface area (Å²) in [5.41, 5.74) is 2.31. The molecular formula is C31H30F3N3O3. The van der Waals surface area contributed by atoms with Crippen LogP contribution < -0.4 is 9.80 Å². The highest BCUT2D eigenvalue weighted by molar-refractivity contribution is 6.09. The van der Waals surface area contributed by atoms with Crippen LogP contribution in [-0.2, 0) is 6.18 Å². The Morgan fingerprint density at radius 2 is 1.55 bits per heavy atom. The van der Waals surface area contributed by atoms with Crippen LogP contribution in [0.5, 0.6) is 0 Å². The van der Waals surface area contributed by atoms with Crippen molar-refractivity contribution in [1.82, 2.24) is 4.90 Å². The Hall–Kier alpha value is -4.27. The van der Waals surface area contributed by atoms with Crippen molar-refractivity contribution in [1.29, 1.82) is 0 Å². The van der Waals surface area contributed by atoms with Gasteiger partial charge in [0.05, 0.1) is 5.56 Å². The molecule has 3 aromatic carbocycles. The molecule has 0 saturated carbocycles. The van der Waals surface area contributed by atoms with Gasteiger partial charge in [-0.15, -0.1) is 0 Å². The average Bonchev–Trinajstić information content (AvgIpc) is 3.41. The first kappa shape index (κ1) is 27.3. The summed E-state index contributed by atoms with van der Waals surface area (Å²) in [4.78, 5) is 31.8. The minimum absolute atomic E-state index is 0.0287. The van der Waals surface area contributed by atoms with Gasteiger partial charge in [-0.05, 0) is 74.5 Å². The number of amides is 1. The second-order valence-corrected chi connectivity index (χ2v) is 9.74. The van der Waals surface area contributed by atoms with Crippen molar-refractivity contribution in [2.45, 2.75) is 20.0 Å². The van der Waals surface area contributed by atoms with Crippen LogP contribution in [0.4, 0.5) is 24.5 Å². The third-order valence-electron chi connectivity index (χ3n) is 7.35. The molecule has 40 heavy (non-hydrogen) atoms. The number of piperazine rings is 1. The van der Waals surface area contributed by atoms with E-state index >= 15 is 0 Å². The van der Waals surface area contributed by atoms with E-state index in [9.17, 15) is 22.8 Å². The largest absolute Gasteiger partial charge is 0.452 e. The molecule has 0 atom stereocenters. The zero-order valence-corrected chi connectivity index (χ0v) is 22.4. The molecule has 1 fully saturated rings. The maximum Gasteiger partial charge on any atom is 0.416 e. The SMILES string of the molecule is CCN(CC)c1ccc2cc(C(=O)c3ccc(N4CCN(C(=O)c5cccc(C(F)(F)F)c5)CC4)cc3)oc2c1. The van der Waals surface area contributed by atoms with Crippen molar-refractivity contribution < 1.29 is 27.2 Å². The molecule has 208 valence electrons. The van der Waals surface area contributed by atoms with Crippen molar-refractivity contribution in [3.05, 3.63) is 95.2 Å². The number of ketones is 1. The van der Waals surface area contributed by atoms with Crippen LogP contribution in [0.15, 0.2) is 77.2 Å². The number of alkyl halides is 3. The molecular weight excluding hydrogens is 519 g/mol. The molecule has 4 aromatic rings. The molecule has 1 aliphatic heterocycles. The maximum absolute atomic E-state index is 13.1. The van der Waals surface area contributed by atoms with Crippen LogP contribution in [-0.4, -0.2) is 55.9 Å². The summed E-state index contributed by atoms with van der Waals surface area (Å²) in [6.45, 7) is 7.74. The molecule has 0 aliphatic carbocycles. The van der Waals surface area contributed by atoms with Gasteiger partial charge in [0, 0.05) is 73.2 Å². The summed E-state index contributed by atoms with van der Waals surface area (Å²) in [5.74, 6) is -0.341. The number of fused-ring (bicyclic) bond motifs is 1. The summed E-state index contributed by atoms with van der Waals surface area (Å²) in [7, 11) is 0. The molecule has 1 aromatic heterocycles. The zero-order chi connectivity index (χ0) is 28.4. The molecule has 6 nitrogen and oxygen atoms in total. The second kappa shape index (κ2) is 11.1. The third-order valence-corrected chi connectivity index (χ3v) is 7.35. The molecule has 0 N–H and O–H groups in total. The van der Waals surface area contributed by atoms with Gasteiger partial charge in [-0.1, -0.05) is 6.07 Å². The van der Waals surface area contributed by atoms with Gasteiger partial charge in [-0.3, -0.25) is 9.59 Å². The van der Waals surface area contributed by atoms with Gasteiger partial charge in [0.15, 0.2) is 5.76 Å². The van der Waals surface area contributed by atoms with E-state index in [0.717, 1.165) is 42.0 Å². The fourth-order valence-corrected chi connectivity index (χ4v) is 5.06. The molecule has 1 aliphatic rings. The first-order valence-corrected chi connectivity index (χ1v) is 13.3. The summed E-state index contributed by atoms with van der Waals surface area (Å²) >= 11 is 0. The first-order chi connectivity index (χ1) is 19.2. The van der Waals surface area contributed by atoms with Crippen molar-refractivity contribution in [2.24, 2.45) is 0 Å². The topological polar surface area (TPSA) is 57.0 Å². The van der Waals surface area contributed by atoms with Crippen molar-refractivity contribution in [3.8, 4) is 0 Å². The Labute approximate surface area is 230 Å². The summed E-state index contributed by atoms with van der Waals surface area (Å²) < 4.78 is 45.0. The van der Waals surface area contributed by atoms with E-state index in [4.69, 9.17) is 4.42 Å². The van der Waals surface area contributed by atoms with Crippen molar-refractivity contribution >= 4 is 34.0 Å². The Morgan fingerprint density at radius 1 is 0.850 bits per heavy atom. The van der Waals surface area contributed by atoms with E-state index in [1.54, 1.807) is 23.1 Å². The molecule has 1 amide bonds. The maximum atomic E-state index is 13.1. The minimum atomic E-state index is -4.50. The number of rotatable bonds is 7. The van der Waals surface area contributed by atoms with Crippen LogP contribution in [0.2, 0.25) is 0 Å². The summed E-state index contributed by atoms with van der Waals surface area (Å²) in [6, 6.07) is 19.5. The Kier molecular flexibility index (Phi) is 7.56. The van der Waals surface area contributed by atoms with Gasteiger partial charge in [0.1, 0.15) is 5.58 Å². The smallest absolute Gasteiger partial charge is 0.416 e. The van der Waals surface area contributed by atoms with Gasteiger partial charge in [0.25, 0.3) is 5.91 Å². The lowest BCUT2D eigenvalue weighted by atomic mass is 10.1. The van der Waals surface area contributed by atoms with E-state index < -0.39 is 17.6 Å². The van der Waals surface area contributed by atoms with Gasteiger partial charge >= 0.3 is 6.18 Å². The Morgan fingerprint density at radius 3 is 2.20 bits per heavy atom. The molecule has 0 radical (unpaired) electrons. The van der Waals surface area contributed by atoms with Crippen molar-refractivity contribution in [3.63, 3.8) is 0 Å². The molecule has 1 saturated heterocycles. The van der Waals surface area contributed by atoms with Gasteiger partial charge in [-0.25, -0.2) is 0 Å². The predicted molar refractivity (Wildman–Crippen MR) is 149 cm³/mol. The van der Waals surface area contributed by atoms with Gasteiger partial charge in [0.2, 0.25) is 5.78 Å². The molecule has 9 heteroatoms. The number of anilines is 2. The van der Waals surface area contributed by atoms with Crippen LogP contribution in [0.3, 0.4) is 0 Å². The number of halogens is 3. The normalized spacial score (nSPS) is 14.0. The van der Waals surface area contributed by atoms with Crippen LogP contribution in [0, 0.1) is 0 Å². The number of carbonyl (C=O) groups excluding carboxylic acids is 2. The van der Waals surface area contributed by atoms with Crippen molar-refractivity contribution in [2.75, 3.05) is 49.1 Å². The molecule has 5 rings (SSSR count). The van der Waals surface area contributed by atoms with E-state index in [2.05, 4.69) is 23.6 Å². The van der Waals surface area contributed by atoms with E-state index in [-0.39, 0.29) is 17.1 Å². The number of hydrogen-bond acceptors (Lipinski definition) is 5. The highest BCUT2D eigenvalue weighted by Crippen LogP contribution is 2.30. The molecule has 0 unspecified atom stereocenters. The lowest BCUT2D eigenvalue weighted by Gasteiger charge is -2.36. The number of benzene rings is 3. The third kappa shape index (κ3) is 5.54. The van der Waals surface area contributed by atoms with Gasteiger partial charge in [-0.2, -0.15) is 13.2 Å². The standard InChI is InChI=1S/C31H30F3N3O3/c1-3-35(4-2)26-13-10-22-19-28(40-27(22)20-26)29(38)21-8-11-25(12-9-21)36-14-16-37(17-15-36)30(39)23-6-5-7-24(18-23)31(32,33)34/h5-13,18-20H,3-4,14-17H2,1-2H3. The molecule has 2 heterocycles. The Balaban J connectivity index is 1.23. The first-order valence-electron chi connectivity index (χ1n) is 13.3. The lowest BCUT2D eigenvalue weighted by Crippen LogP contribution is -2.48. The molecule has 0 bridgehead atoms. The number of carbonyl (C=O) groups is 2.